The summed E-state index contributed by atoms with van der Waals surface area (Å²) < 4.78 is 62.6. The van der Waals surface area contributed by atoms with Gasteiger partial charge in [0.1, 0.15) is 0 Å². The highest BCUT2D eigenvalue weighted by atomic mass is 19.2. The molecule has 1 fully saturated rings. The van der Waals surface area contributed by atoms with Crippen molar-refractivity contribution in [3.63, 3.8) is 0 Å². The van der Waals surface area contributed by atoms with E-state index in [1.807, 2.05) is 13.0 Å². The summed E-state index contributed by atoms with van der Waals surface area (Å²) in [7, 11) is 0. The molecule has 1 aliphatic carbocycles. The minimum Gasteiger partial charge on any atom is -0.491 e. The minimum atomic E-state index is -1.02. The van der Waals surface area contributed by atoms with Crippen LogP contribution in [-0.4, -0.2) is 11.7 Å². The Bertz CT molecular complexity index is 949. The molecule has 0 radical (unpaired) electrons. The standard InChI is InChI=1S/C26H30F4O2/c1-3-5-21(31)20-13-12-18(23(27)25(20)29)11-8-16-6-9-17(10-7-16)19-14-15-22(32-4-2)26(30)24(19)28/h8,11-17,21,31H,3-7,9-10H2,1-2H3/b11-8+. The summed E-state index contributed by atoms with van der Waals surface area (Å²) in [6.45, 7) is 3.84. The first-order chi connectivity index (χ1) is 15.4. The molecule has 1 N–H and O–H groups in total. The SMILES string of the molecule is CCCC(O)c1ccc(/C=C/C2CCC(c3ccc(OCC)c(F)c3F)CC2)c(F)c1F. The van der Waals surface area contributed by atoms with Crippen LogP contribution in [0.2, 0.25) is 0 Å². The molecule has 1 atom stereocenters. The summed E-state index contributed by atoms with van der Waals surface area (Å²) >= 11 is 0. The van der Waals surface area contributed by atoms with Gasteiger partial charge in [0.2, 0.25) is 5.82 Å². The Balaban J connectivity index is 1.64. The number of hydrogen-bond donors (Lipinski definition) is 1. The van der Waals surface area contributed by atoms with Crippen molar-refractivity contribution < 1.29 is 27.4 Å². The zero-order chi connectivity index (χ0) is 23.3. The molecular weight excluding hydrogens is 420 g/mol. The van der Waals surface area contributed by atoms with E-state index in [0.717, 1.165) is 12.8 Å². The van der Waals surface area contributed by atoms with Crippen molar-refractivity contribution in [1.29, 1.82) is 0 Å². The lowest BCUT2D eigenvalue weighted by molar-refractivity contribution is 0.160. The third kappa shape index (κ3) is 5.34. The van der Waals surface area contributed by atoms with Crippen LogP contribution >= 0.6 is 0 Å². The van der Waals surface area contributed by atoms with Crippen LogP contribution < -0.4 is 4.74 Å². The molecule has 174 valence electrons. The number of aliphatic hydroxyl groups excluding tert-OH is 1. The third-order valence-electron chi connectivity index (χ3n) is 6.20. The van der Waals surface area contributed by atoms with E-state index in [2.05, 4.69) is 0 Å². The van der Waals surface area contributed by atoms with E-state index >= 15 is 0 Å². The second-order valence-electron chi connectivity index (χ2n) is 8.36. The van der Waals surface area contributed by atoms with Crippen LogP contribution in [0.4, 0.5) is 17.6 Å². The lowest BCUT2D eigenvalue weighted by Gasteiger charge is -2.27. The van der Waals surface area contributed by atoms with Crippen molar-refractivity contribution >= 4 is 6.08 Å². The van der Waals surface area contributed by atoms with Crippen LogP contribution in [-0.2, 0) is 0 Å². The van der Waals surface area contributed by atoms with E-state index in [1.54, 1.807) is 19.1 Å². The molecule has 0 spiro atoms. The van der Waals surface area contributed by atoms with Gasteiger partial charge < -0.3 is 9.84 Å². The van der Waals surface area contributed by atoms with Crippen molar-refractivity contribution in [3.8, 4) is 5.75 Å². The second kappa shape index (κ2) is 11.0. The normalized spacial score (nSPS) is 20.0. The van der Waals surface area contributed by atoms with Crippen LogP contribution in [0.1, 0.15) is 81.1 Å². The van der Waals surface area contributed by atoms with Crippen LogP contribution in [0, 0.1) is 29.2 Å². The molecule has 1 saturated carbocycles. The molecular formula is C26H30F4O2. The van der Waals surface area contributed by atoms with Gasteiger partial charge in [0, 0.05) is 11.1 Å². The largest absolute Gasteiger partial charge is 0.491 e. The molecule has 0 amide bonds. The summed E-state index contributed by atoms with van der Waals surface area (Å²) in [6.07, 6.45) is 6.28. The minimum absolute atomic E-state index is 0.0216. The maximum absolute atomic E-state index is 14.5. The van der Waals surface area contributed by atoms with E-state index < -0.39 is 29.4 Å². The van der Waals surface area contributed by atoms with Crippen LogP contribution in [0.3, 0.4) is 0 Å². The number of rotatable bonds is 8. The van der Waals surface area contributed by atoms with Crippen LogP contribution in [0.15, 0.2) is 30.3 Å². The highest BCUT2D eigenvalue weighted by molar-refractivity contribution is 5.51. The smallest absolute Gasteiger partial charge is 0.200 e. The predicted molar refractivity (Wildman–Crippen MR) is 117 cm³/mol. The van der Waals surface area contributed by atoms with Gasteiger partial charge in [-0.05, 0) is 62.5 Å². The number of hydrogen-bond acceptors (Lipinski definition) is 2. The Morgan fingerprint density at radius 1 is 0.938 bits per heavy atom. The topological polar surface area (TPSA) is 29.5 Å². The first-order valence-electron chi connectivity index (χ1n) is 11.3. The van der Waals surface area contributed by atoms with Gasteiger partial charge in [0.15, 0.2) is 23.2 Å². The monoisotopic (exact) mass is 450 g/mol. The fraction of sp³-hybridized carbons (Fsp3) is 0.462. The molecule has 6 heteroatoms. The average molecular weight is 451 g/mol. The second-order valence-corrected chi connectivity index (χ2v) is 8.36. The molecule has 2 aromatic rings. The Hall–Kier alpha value is -2.34. The van der Waals surface area contributed by atoms with E-state index in [-0.39, 0.29) is 35.3 Å². The molecule has 0 aromatic heterocycles. The molecule has 0 aliphatic heterocycles. The predicted octanol–water partition coefficient (Wildman–Crippen LogP) is 7.46. The zero-order valence-corrected chi connectivity index (χ0v) is 18.5. The van der Waals surface area contributed by atoms with Gasteiger partial charge in [0.25, 0.3) is 0 Å². The van der Waals surface area contributed by atoms with E-state index in [4.69, 9.17) is 4.74 Å². The van der Waals surface area contributed by atoms with E-state index in [9.17, 15) is 22.7 Å². The van der Waals surface area contributed by atoms with Gasteiger partial charge in [-0.2, -0.15) is 4.39 Å². The van der Waals surface area contributed by atoms with Crippen molar-refractivity contribution in [2.24, 2.45) is 5.92 Å². The molecule has 3 rings (SSSR count). The van der Waals surface area contributed by atoms with Gasteiger partial charge in [-0.15, -0.1) is 0 Å². The molecule has 1 unspecified atom stereocenters. The fourth-order valence-corrected chi connectivity index (χ4v) is 4.39. The summed E-state index contributed by atoms with van der Waals surface area (Å²) in [4.78, 5) is 0. The Labute approximate surface area is 186 Å². The highest BCUT2D eigenvalue weighted by Gasteiger charge is 2.26. The Kier molecular flexibility index (Phi) is 8.35. The zero-order valence-electron chi connectivity index (χ0n) is 18.5. The molecule has 1 aliphatic rings. The molecule has 0 saturated heterocycles. The molecule has 2 aromatic carbocycles. The number of aliphatic hydroxyl groups is 1. The van der Waals surface area contributed by atoms with E-state index in [0.29, 0.717) is 31.2 Å². The maximum Gasteiger partial charge on any atom is 0.200 e. The van der Waals surface area contributed by atoms with Crippen LogP contribution in [0.5, 0.6) is 5.75 Å². The van der Waals surface area contributed by atoms with Gasteiger partial charge in [-0.1, -0.05) is 43.7 Å². The Morgan fingerprint density at radius 3 is 2.31 bits per heavy atom. The summed E-state index contributed by atoms with van der Waals surface area (Å²) in [5, 5.41) is 9.97. The fourth-order valence-electron chi connectivity index (χ4n) is 4.39. The first kappa shape index (κ1) is 24.3. The van der Waals surface area contributed by atoms with Gasteiger partial charge in [-0.25, -0.2) is 13.2 Å². The summed E-state index contributed by atoms with van der Waals surface area (Å²) in [5.41, 5.74) is 0.478. The molecule has 0 heterocycles. The van der Waals surface area contributed by atoms with Gasteiger partial charge in [0.05, 0.1) is 12.7 Å². The average Bonchev–Trinajstić information content (AvgIpc) is 2.79. The van der Waals surface area contributed by atoms with Crippen LogP contribution in [0.25, 0.3) is 6.08 Å². The van der Waals surface area contributed by atoms with Crippen molar-refractivity contribution in [1.82, 2.24) is 0 Å². The third-order valence-corrected chi connectivity index (χ3v) is 6.20. The molecule has 32 heavy (non-hydrogen) atoms. The number of halogens is 4. The molecule has 2 nitrogen and oxygen atoms in total. The highest BCUT2D eigenvalue weighted by Crippen LogP contribution is 2.39. The quantitative estimate of drug-likeness (QED) is 0.423. The van der Waals surface area contributed by atoms with Crippen molar-refractivity contribution in [2.75, 3.05) is 6.61 Å². The van der Waals surface area contributed by atoms with Crippen molar-refractivity contribution in [3.05, 3.63) is 70.3 Å². The summed E-state index contributed by atoms with van der Waals surface area (Å²) in [6, 6.07) is 5.98. The van der Waals surface area contributed by atoms with E-state index in [1.165, 1.54) is 18.2 Å². The lowest BCUT2D eigenvalue weighted by atomic mass is 9.78. The number of ether oxygens (including phenoxy) is 1. The molecule has 0 bridgehead atoms. The Morgan fingerprint density at radius 2 is 1.66 bits per heavy atom. The maximum atomic E-state index is 14.5. The number of benzene rings is 2. The summed E-state index contributed by atoms with van der Waals surface area (Å²) in [5.74, 6) is -3.78. The first-order valence-corrected chi connectivity index (χ1v) is 11.3. The number of allylic oxidation sites excluding steroid dienone is 1. The van der Waals surface area contributed by atoms with Crippen molar-refractivity contribution in [2.45, 2.75) is 64.4 Å². The lowest BCUT2D eigenvalue weighted by Crippen LogP contribution is -2.14. The van der Waals surface area contributed by atoms with Gasteiger partial charge >= 0.3 is 0 Å². The van der Waals surface area contributed by atoms with Gasteiger partial charge in [-0.3, -0.25) is 0 Å².